The van der Waals surface area contributed by atoms with Crippen LogP contribution in [0, 0.1) is 0 Å². The van der Waals surface area contributed by atoms with E-state index in [1.165, 1.54) is 12.4 Å². The summed E-state index contributed by atoms with van der Waals surface area (Å²) in [6.45, 7) is 5.26. The first kappa shape index (κ1) is 22.5. The molecule has 3 heterocycles. The number of benzene rings is 1. The van der Waals surface area contributed by atoms with Crippen molar-refractivity contribution in [3.8, 4) is 0 Å². The van der Waals surface area contributed by atoms with Crippen LogP contribution in [0.2, 0.25) is 0 Å². The molecule has 170 valence electrons. The van der Waals surface area contributed by atoms with Gasteiger partial charge in [-0.25, -0.2) is 4.98 Å². The highest BCUT2D eigenvalue weighted by molar-refractivity contribution is 5.93. The van der Waals surface area contributed by atoms with Crippen molar-refractivity contribution in [1.29, 1.82) is 0 Å². The molecule has 0 radical (unpaired) electrons. The highest BCUT2D eigenvalue weighted by Gasteiger charge is 2.23. The maximum absolute atomic E-state index is 13.4. The molecule has 8 nitrogen and oxygen atoms in total. The van der Waals surface area contributed by atoms with E-state index in [2.05, 4.69) is 19.9 Å². The molecule has 33 heavy (non-hydrogen) atoms. The summed E-state index contributed by atoms with van der Waals surface area (Å²) in [5, 5.41) is 0. The molecule has 1 aromatic carbocycles. The van der Waals surface area contributed by atoms with Crippen LogP contribution >= 0.6 is 0 Å². The van der Waals surface area contributed by atoms with Crippen LogP contribution in [0.4, 0.5) is 5.69 Å². The Kier molecular flexibility index (Phi) is 7.36. The highest BCUT2D eigenvalue weighted by Crippen LogP contribution is 2.24. The molecule has 0 N–H and O–H groups in total. The van der Waals surface area contributed by atoms with E-state index in [1.807, 2.05) is 47.4 Å². The Balaban J connectivity index is 1.65. The number of aromatic nitrogens is 3. The van der Waals surface area contributed by atoms with Gasteiger partial charge in [-0.2, -0.15) is 0 Å². The smallest absolute Gasteiger partial charge is 0.274 e. The summed E-state index contributed by atoms with van der Waals surface area (Å²) in [4.78, 5) is 44.5. The summed E-state index contributed by atoms with van der Waals surface area (Å²) >= 11 is 0. The van der Waals surface area contributed by atoms with Gasteiger partial charge >= 0.3 is 0 Å². The second-order valence-electron chi connectivity index (χ2n) is 8.07. The number of pyridine rings is 1. The van der Waals surface area contributed by atoms with E-state index in [-0.39, 0.29) is 11.8 Å². The number of anilines is 1. The summed E-state index contributed by atoms with van der Waals surface area (Å²) in [6, 6.07) is 13.7. The van der Waals surface area contributed by atoms with Crippen LogP contribution in [0.15, 0.2) is 67.3 Å². The van der Waals surface area contributed by atoms with E-state index in [0.717, 1.165) is 29.9 Å². The fraction of sp³-hybridized carbons (Fsp3) is 0.320. The maximum atomic E-state index is 13.4. The van der Waals surface area contributed by atoms with E-state index in [1.54, 1.807) is 24.2 Å². The molecule has 2 aromatic heterocycles. The first-order chi connectivity index (χ1) is 16.1. The van der Waals surface area contributed by atoms with E-state index < -0.39 is 0 Å². The summed E-state index contributed by atoms with van der Waals surface area (Å²) in [7, 11) is 0. The molecular weight excluding hydrogens is 416 g/mol. The Morgan fingerprint density at radius 3 is 2.52 bits per heavy atom. The molecule has 0 unspecified atom stereocenters. The predicted octanol–water partition coefficient (Wildman–Crippen LogP) is 2.77. The molecule has 0 aliphatic carbocycles. The van der Waals surface area contributed by atoms with Gasteiger partial charge in [0.2, 0.25) is 5.91 Å². The van der Waals surface area contributed by atoms with E-state index in [9.17, 15) is 9.59 Å². The fourth-order valence-electron chi connectivity index (χ4n) is 4.09. The predicted molar refractivity (Wildman–Crippen MR) is 125 cm³/mol. The largest absolute Gasteiger partial charge is 0.332 e. The lowest BCUT2D eigenvalue weighted by Gasteiger charge is -2.27. The van der Waals surface area contributed by atoms with Crippen molar-refractivity contribution in [2.24, 2.45) is 0 Å². The van der Waals surface area contributed by atoms with Gasteiger partial charge in [0.1, 0.15) is 5.69 Å². The van der Waals surface area contributed by atoms with Crippen LogP contribution < -0.4 is 4.90 Å². The monoisotopic (exact) mass is 444 g/mol. The zero-order valence-corrected chi connectivity index (χ0v) is 18.8. The number of amides is 2. The van der Waals surface area contributed by atoms with Crippen molar-refractivity contribution in [3.05, 3.63) is 84.2 Å². The average molecular weight is 445 g/mol. The molecule has 8 heteroatoms. The van der Waals surface area contributed by atoms with E-state index in [0.29, 0.717) is 38.4 Å². The summed E-state index contributed by atoms with van der Waals surface area (Å²) in [5.74, 6) is -0.186. The topological polar surface area (TPSA) is 82.5 Å². The fourth-order valence-corrected chi connectivity index (χ4v) is 4.09. The van der Waals surface area contributed by atoms with Crippen LogP contribution in [0.5, 0.6) is 0 Å². The van der Waals surface area contributed by atoms with Crippen LogP contribution in [0.3, 0.4) is 0 Å². The molecule has 1 aliphatic rings. The number of para-hydroxylation sites is 1. The summed E-state index contributed by atoms with van der Waals surface area (Å²) in [5.41, 5.74) is 3.07. The van der Waals surface area contributed by atoms with Crippen molar-refractivity contribution in [1.82, 2.24) is 24.8 Å². The number of carbonyl (C=O) groups is 2. The lowest BCUT2D eigenvalue weighted by Crippen LogP contribution is -2.39. The number of fused-ring (bicyclic) bond motifs is 1. The highest BCUT2D eigenvalue weighted by atomic mass is 16.2. The molecule has 1 aliphatic heterocycles. The van der Waals surface area contributed by atoms with Gasteiger partial charge in [0.25, 0.3) is 5.91 Å². The zero-order valence-electron chi connectivity index (χ0n) is 18.8. The van der Waals surface area contributed by atoms with Gasteiger partial charge in [-0.1, -0.05) is 24.3 Å². The first-order valence-corrected chi connectivity index (χ1v) is 11.2. The number of carbonyl (C=O) groups excluding carboxylic acids is 2. The lowest BCUT2D eigenvalue weighted by molar-refractivity contribution is -0.116. The van der Waals surface area contributed by atoms with Gasteiger partial charge in [0, 0.05) is 70.5 Å². The average Bonchev–Trinajstić information content (AvgIpc) is 2.88. The van der Waals surface area contributed by atoms with Gasteiger partial charge in [-0.15, -0.1) is 0 Å². The molecule has 0 bridgehead atoms. The van der Waals surface area contributed by atoms with E-state index >= 15 is 0 Å². The van der Waals surface area contributed by atoms with Crippen molar-refractivity contribution >= 4 is 17.5 Å². The Labute approximate surface area is 193 Å². The third-order valence-corrected chi connectivity index (χ3v) is 5.75. The maximum Gasteiger partial charge on any atom is 0.274 e. The Hall–Kier alpha value is -3.65. The van der Waals surface area contributed by atoms with Gasteiger partial charge in [-0.3, -0.25) is 24.5 Å². The minimum atomic E-state index is -0.177. The first-order valence-electron chi connectivity index (χ1n) is 11.2. The van der Waals surface area contributed by atoms with Crippen LogP contribution in [-0.2, 0) is 17.9 Å². The number of hydrogen-bond acceptors (Lipinski definition) is 6. The summed E-state index contributed by atoms with van der Waals surface area (Å²) < 4.78 is 0. The standard InChI is InChI=1S/C25H28N6O2/c1-20(32)31-14-6-13-29(19-22-8-4-5-10-27-22)15-16-30(18-21-7-2-3-9-24(21)31)25(33)23-17-26-11-12-28-23/h2-5,7-12,17H,6,13-16,18-19H2,1H3. The molecule has 0 atom stereocenters. The molecule has 4 rings (SSSR count). The summed E-state index contributed by atoms with van der Waals surface area (Å²) in [6.07, 6.45) is 7.18. The number of rotatable bonds is 3. The third-order valence-electron chi connectivity index (χ3n) is 5.75. The quantitative estimate of drug-likeness (QED) is 0.618. The zero-order chi connectivity index (χ0) is 23.0. The van der Waals surface area contributed by atoms with Gasteiger partial charge in [0.15, 0.2) is 0 Å². The molecule has 3 aromatic rings. The van der Waals surface area contributed by atoms with Crippen molar-refractivity contribution in [2.45, 2.75) is 26.4 Å². The minimum absolute atomic E-state index is 0.00947. The van der Waals surface area contributed by atoms with Crippen molar-refractivity contribution in [3.63, 3.8) is 0 Å². The Morgan fingerprint density at radius 1 is 0.909 bits per heavy atom. The Bertz CT molecular complexity index is 1080. The molecule has 0 spiro atoms. The van der Waals surface area contributed by atoms with E-state index in [4.69, 9.17) is 0 Å². The SMILES string of the molecule is CC(=O)N1CCCN(Cc2ccccn2)CCN(C(=O)c2cnccn2)Cc2ccccc21. The number of hydrogen-bond donors (Lipinski definition) is 0. The van der Waals surface area contributed by atoms with Crippen LogP contribution in [0.1, 0.15) is 35.1 Å². The Morgan fingerprint density at radius 2 is 1.76 bits per heavy atom. The van der Waals surface area contributed by atoms with Crippen molar-refractivity contribution in [2.75, 3.05) is 31.1 Å². The molecule has 2 amide bonds. The minimum Gasteiger partial charge on any atom is -0.332 e. The van der Waals surface area contributed by atoms with Gasteiger partial charge in [-0.05, 0) is 30.2 Å². The number of nitrogens with zero attached hydrogens (tertiary/aromatic N) is 6. The molecule has 0 fully saturated rings. The second kappa shape index (κ2) is 10.8. The molecular formula is C25H28N6O2. The molecule has 0 saturated carbocycles. The molecule has 0 saturated heterocycles. The van der Waals surface area contributed by atoms with Gasteiger partial charge < -0.3 is 9.80 Å². The van der Waals surface area contributed by atoms with Gasteiger partial charge in [0.05, 0.1) is 11.9 Å². The third kappa shape index (κ3) is 5.78. The van der Waals surface area contributed by atoms with Crippen LogP contribution in [0.25, 0.3) is 0 Å². The van der Waals surface area contributed by atoms with Crippen LogP contribution in [-0.4, -0.2) is 62.7 Å². The lowest BCUT2D eigenvalue weighted by atomic mass is 10.1. The van der Waals surface area contributed by atoms with Crippen molar-refractivity contribution < 1.29 is 9.59 Å². The normalized spacial score (nSPS) is 15.4. The second-order valence-corrected chi connectivity index (χ2v) is 8.07.